The summed E-state index contributed by atoms with van der Waals surface area (Å²) in [6, 6.07) is 41.6. The smallest absolute Gasteiger partial charge is 0.511 e. The van der Waals surface area contributed by atoms with Gasteiger partial charge in [-0.05, 0) is 74.3 Å². The molecule has 0 bridgehead atoms. The summed E-state index contributed by atoms with van der Waals surface area (Å²) in [6.45, 7) is 19.7. The first kappa shape index (κ1) is 38.4. The molecule has 0 spiro atoms. The molecule has 5 aromatic carbocycles. The van der Waals surface area contributed by atoms with E-state index in [1.54, 1.807) is 0 Å². The Morgan fingerprint density at radius 1 is 0.667 bits per heavy atom. The number of aromatic nitrogens is 6. The summed E-state index contributed by atoms with van der Waals surface area (Å²) in [4.78, 5) is 10.0. The van der Waals surface area contributed by atoms with Crippen LogP contribution in [0.25, 0.3) is 67.2 Å². The number of nitrogens with zero attached hydrogens (tertiary/aromatic N) is 6. The number of phenols is 1. The molecule has 9 aromatic rings. The molecule has 288 valence electrons. The minimum absolute atomic E-state index is 0. The van der Waals surface area contributed by atoms with Crippen LogP contribution in [-0.4, -0.2) is 28.6 Å². The number of hydrogen-bond donors (Lipinski definition) is 1. The van der Waals surface area contributed by atoms with Crippen molar-refractivity contribution in [3.05, 3.63) is 144 Å². The minimum Gasteiger partial charge on any atom is -0.511 e. The van der Waals surface area contributed by atoms with E-state index in [0.29, 0.717) is 5.69 Å². The molecule has 0 saturated carbocycles. The van der Waals surface area contributed by atoms with E-state index in [0.717, 1.165) is 72.6 Å². The monoisotopic (exact) mass is 930 g/mol. The van der Waals surface area contributed by atoms with E-state index in [9.17, 15) is 5.11 Å². The fourth-order valence-electron chi connectivity index (χ4n) is 7.82. The molecule has 0 saturated heterocycles. The zero-order chi connectivity index (χ0) is 39.3. The van der Waals surface area contributed by atoms with Gasteiger partial charge in [0.05, 0.1) is 22.1 Å². The molecule has 0 unspecified atom stereocenters. The first-order chi connectivity index (χ1) is 26.6. The number of rotatable bonds is 4. The van der Waals surface area contributed by atoms with E-state index in [2.05, 4.69) is 185 Å². The van der Waals surface area contributed by atoms with Gasteiger partial charge in [-0.2, -0.15) is 0 Å². The van der Waals surface area contributed by atoms with Gasteiger partial charge >= 0.3 is 21.1 Å². The molecule has 0 aliphatic carbocycles. The van der Waals surface area contributed by atoms with Gasteiger partial charge in [-0.1, -0.05) is 135 Å². The van der Waals surface area contributed by atoms with Crippen LogP contribution in [0, 0.1) is 12.4 Å². The van der Waals surface area contributed by atoms with Crippen LogP contribution in [0.3, 0.4) is 0 Å². The van der Waals surface area contributed by atoms with E-state index in [1.165, 1.54) is 5.56 Å². The Hall–Kier alpha value is -5.52. The maximum Gasteiger partial charge on any atom is 2.00 e. The molecule has 0 fully saturated rings. The van der Waals surface area contributed by atoms with Crippen LogP contribution in [-0.2, 0) is 37.3 Å². The van der Waals surface area contributed by atoms with Crippen molar-refractivity contribution < 1.29 is 30.7 Å². The van der Waals surface area contributed by atoms with Gasteiger partial charge in [0.25, 0.3) is 6.33 Å². The molecular weight excluding hydrogens is 884 g/mol. The average Bonchev–Trinajstić information content (AvgIpc) is 3.82. The van der Waals surface area contributed by atoms with Gasteiger partial charge in [-0.15, -0.1) is 23.8 Å². The SMILES string of the molecule is CC(C)(C)c1ccnc(-n2c3[c-]c(-c4ccccc4-[n+]4[c-]n(-c5cc(C(C)(C)C)cc(C(C)(C)C)c5O)c5ccccc54)ccc3n3c4ccccc4nc23)c1.[Pt+2]. The summed E-state index contributed by atoms with van der Waals surface area (Å²) in [6.07, 6.45) is 5.58. The summed E-state index contributed by atoms with van der Waals surface area (Å²) in [5.41, 5.74) is 12.1. The third-order valence-electron chi connectivity index (χ3n) is 11.0. The second kappa shape index (κ2) is 13.6. The topological polar surface area (TPSA) is 64.2 Å². The van der Waals surface area contributed by atoms with Crippen LogP contribution in [0.5, 0.6) is 5.75 Å². The molecule has 0 atom stereocenters. The molecule has 0 aliphatic heterocycles. The quantitative estimate of drug-likeness (QED) is 0.141. The second-order valence-electron chi connectivity index (χ2n) is 18.0. The zero-order valence-electron chi connectivity index (χ0n) is 33.9. The van der Waals surface area contributed by atoms with Gasteiger partial charge in [0.1, 0.15) is 17.3 Å². The molecule has 0 aliphatic rings. The van der Waals surface area contributed by atoms with E-state index < -0.39 is 0 Å². The number of aromatic hydroxyl groups is 1. The molecule has 0 amide bonds. The Kier molecular flexibility index (Phi) is 9.12. The predicted molar refractivity (Wildman–Crippen MR) is 227 cm³/mol. The van der Waals surface area contributed by atoms with Crippen molar-refractivity contribution in [3.8, 4) is 34.1 Å². The normalized spacial score (nSPS) is 12.6. The number of imidazole rings is 3. The number of fused-ring (bicyclic) bond motifs is 6. The van der Waals surface area contributed by atoms with E-state index in [4.69, 9.17) is 9.97 Å². The maximum absolute atomic E-state index is 12.0. The second-order valence-corrected chi connectivity index (χ2v) is 18.0. The van der Waals surface area contributed by atoms with Crippen molar-refractivity contribution in [1.82, 2.24) is 23.5 Å². The molecule has 1 N–H and O–H groups in total. The summed E-state index contributed by atoms with van der Waals surface area (Å²) in [7, 11) is 0. The van der Waals surface area contributed by atoms with Crippen molar-refractivity contribution in [2.45, 2.75) is 78.6 Å². The Morgan fingerprint density at radius 2 is 1.35 bits per heavy atom. The Morgan fingerprint density at radius 3 is 2.09 bits per heavy atom. The number of hydrogen-bond acceptors (Lipinski definition) is 3. The van der Waals surface area contributed by atoms with Gasteiger partial charge in [-0.25, -0.2) is 9.97 Å². The Labute approximate surface area is 348 Å². The van der Waals surface area contributed by atoms with Gasteiger partial charge in [0.15, 0.2) is 0 Å². The summed E-state index contributed by atoms with van der Waals surface area (Å²) in [5, 5.41) is 12.0. The van der Waals surface area contributed by atoms with Crippen molar-refractivity contribution in [2.75, 3.05) is 0 Å². The molecule has 0 radical (unpaired) electrons. The molecule has 57 heavy (non-hydrogen) atoms. The third kappa shape index (κ3) is 6.37. The van der Waals surface area contributed by atoms with Crippen LogP contribution in [0.1, 0.15) is 79.0 Å². The first-order valence-corrected chi connectivity index (χ1v) is 19.3. The summed E-state index contributed by atoms with van der Waals surface area (Å²) < 4.78 is 8.47. The van der Waals surface area contributed by atoms with Gasteiger partial charge in [0.2, 0.25) is 5.78 Å². The van der Waals surface area contributed by atoms with Crippen molar-refractivity contribution >= 4 is 38.9 Å². The Balaban J connectivity index is 0.00000455. The fraction of sp³-hybridized carbons (Fsp3) is 0.245. The van der Waals surface area contributed by atoms with Gasteiger partial charge in [-0.3, -0.25) is 13.7 Å². The van der Waals surface area contributed by atoms with Crippen LogP contribution in [0.2, 0.25) is 0 Å². The number of para-hydroxylation sites is 5. The largest absolute Gasteiger partial charge is 2.00 e. The summed E-state index contributed by atoms with van der Waals surface area (Å²) in [5.74, 6) is 1.86. The molecule has 8 heteroatoms. The third-order valence-corrected chi connectivity index (χ3v) is 11.0. The van der Waals surface area contributed by atoms with Crippen LogP contribution in [0.4, 0.5) is 0 Å². The van der Waals surface area contributed by atoms with Crippen LogP contribution in [0.15, 0.2) is 115 Å². The fourth-order valence-corrected chi connectivity index (χ4v) is 7.82. The number of phenolic OH excluding ortho intramolecular Hbond substituents is 1. The van der Waals surface area contributed by atoms with Crippen molar-refractivity contribution in [3.63, 3.8) is 0 Å². The molecular formula is C49H47N6OPt+. The van der Waals surface area contributed by atoms with Crippen LogP contribution >= 0.6 is 0 Å². The van der Waals surface area contributed by atoms with E-state index in [-0.39, 0.29) is 43.1 Å². The number of pyridine rings is 1. The average molecular weight is 931 g/mol. The van der Waals surface area contributed by atoms with Crippen molar-refractivity contribution in [2.24, 2.45) is 0 Å². The first-order valence-electron chi connectivity index (χ1n) is 19.3. The van der Waals surface area contributed by atoms with Gasteiger partial charge in [0, 0.05) is 11.9 Å². The molecule has 7 nitrogen and oxygen atoms in total. The van der Waals surface area contributed by atoms with Crippen LogP contribution < -0.4 is 4.57 Å². The van der Waals surface area contributed by atoms with Gasteiger partial charge < -0.3 is 9.51 Å². The maximum atomic E-state index is 12.0. The van der Waals surface area contributed by atoms with E-state index in [1.807, 2.05) is 22.9 Å². The number of benzene rings is 5. The summed E-state index contributed by atoms with van der Waals surface area (Å²) >= 11 is 0. The molecule has 4 aromatic heterocycles. The predicted octanol–water partition coefficient (Wildman–Crippen LogP) is 10.9. The van der Waals surface area contributed by atoms with Crippen molar-refractivity contribution in [1.29, 1.82) is 0 Å². The zero-order valence-corrected chi connectivity index (χ0v) is 36.2. The molecule has 9 rings (SSSR count). The minimum atomic E-state index is -0.269. The molecule has 4 heterocycles. The van der Waals surface area contributed by atoms with E-state index >= 15 is 0 Å². The Bertz CT molecular complexity index is 3000. The standard InChI is InChI=1S/C49H47N6O.Pt/c1-47(2,3)32-24-25-50-44(29-32)55-42-26-31(22-23-41(42)54-38-19-13-11-17-36(38)51-46(54)55)34-16-10-12-18-37(34)52-30-53(40-21-15-14-20-39(40)52)43-28-33(48(4,5)6)27-35(45(43)56)49(7,8)9;/h10-25,27-29,56H,1-9H3;/q-1;+2.